The molecule has 0 radical (unpaired) electrons. The fourth-order valence-corrected chi connectivity index (χ4v) is 3.21. The van der Waals surface area contributed by atoms with E-state index in [0.717, 1.165) is 15.8 Å². The van der Waals surface area contributed by atoms with Gasteiger partial charge in [0.2, 0.25) is 0 Å². The van der Waals surface area contributed by atoms with Crippen LogP contribution in [-0.2, 0) is 0 Å². The zero-order valence-corrected chi connectivity index (χ0v) is 14.6. The van der Waals surface area contributed by atoms with Gasteiger partial charge in [-0.25, -0.2) is 0 Å². The number of carbonyl (C=O) groups is 1. The van der Waals surface area contributed by atoms with Crippen molar-refractivity contribution in [3.63, 3.8) is 0 Å². The van der Waals surface area contributed by atoms with Crippen molar-refractivity contribution in [2.45, 2.75) is 0 Å². The van der Waals surface area contributed by atoms with E-state index in [9.17, 15) is 4.79 Å². The third-order valence-corrected chi connectivity index (χ3v) is 4.63. The summed E-state index contributed by atoms with van der Waals surface area (Å²) in [5, 5.41) is 5.88. The summed E-state index contributed by atoms with van der Waals surface area (Å²) in [6.07, 6.45) is 1.69. The SMILES string of the molecule is O=C(Nc1cccc(C#Cc2cccs2)c1)c1cccc2cccnc12. The van der Waals surface area contributed by atoms with E-state index in [1.807, 2.05) is 66.0 Å². The van der Waals surface area contributed by atoms with Gasteiger partial charge in [-0.1, -0.05) is 42.2 Å². The van der Waals surface area contributed by atoms with Crippen LogP contribution >= 0.6 is 11.3 Å². The molecule has 124 valence electrons. The highest BCUT2D eigenvalue weighted by molar-refractivity contribution is 7.10. The van der Waals surface area contributed by atoms with Crippen molar-refractivity contribution in [1.29, 1.82) is 0 Å². The first-order chi connectivity index (χ1) is 12.8. The standard InChI is InChI=1S/C22H14N2OS/c25-22(20-10-2-6-17-7-3-13-23-21(17)20)24-18-8-1-5-16(15-18)11-12-19-9-4-14-26-19/h1-10,13-15H,(H,24,25). The number of nitrogens with zero attached hydrogens (tertiary/aromatic N) is 1. The van der Waals surface area contributed by atoms with Crippen molar-refractivity contribution >= 4 is 33.8 Å². The number of amides is 1. The maximum atomic E-state index is 12.7. The summed E-state index contributed by atoms with van der Waals surface area (Å²) < 4.78 is 0. The number of nitrogens with one attached hydrogen (secondary N) is 1. The fourth-order valence-electron chi connectivity index (χ4n) is 2.64. The average Bonchev–Trinajstić information content (AvgIpc) is 3.20. The zero-order valence-electron chi connectivity index (χ0n) is 13.8. The Labute approximate surface area is 155 Å². The van der Waals surface area contributed by atoms with Gasteiger partial charge in [-0.05, 0) is 41.8 Å². The Hall–Kier alpha value is -3.42. The minimum Gasteiger partial charge on any atom is -0.322 e. The van der Waals surface area contributed by atoms with Gasteiger partial charge in [-0.2, -0.15) is 0 Å². The first kappa shape index (κ1) is 16.1. The average molecular weight is 354 g/mol. The molecule has 0 saturated carbocycles. The minimum absolute atomic E-state index is 0.183. The van der Waals surface area contributed by atoms with Gasteiger partial charge in [0.1, 0.15) is 0 Å². The number of benzene rings is 2. The van der Waals surface area contributed by atoms with E-state index in [1.54, 1.807) is 23.6 Å². The molecule has 0 atom stereocenters. The number of para-hydroxylation sites is 1. The molecule has 2 aromatic carbocycles. The lowest BCUT2D eigenvalue weighted by Gasteiger charge is -2.07. The normalized spacial score (nSPS) is 10.2. The van der Waals surface area contributed by atoms with Gasteiger partial charge in [-0.15, -0.1) is 11.3 Å². The number of anilines is 1. The Morgan fingerprint density at radius 3 is 2.73 bits per heavy atom. The third kappa shape index (κ3) is 3.49. The lowest BCUT2D eigenvalue weighted by atomic mass is 10.1. The van der Waals surface area contributed by atoms with Crippen LogP contribution in [0.1, 0.15) is 20.8 Å². The second-order valence-electron chi connectivity index (χ2n) is 5.64. The van der Waals surface area contributed by atoms with Crippen LogP contribution < -0.4 is 5.32 Å². The summed E-state index contributed by atoms with van der Waals surface area (Å²) in [6, 6.07) is 20.9. The van der Waals surface area contributed by atoms with E-state index >= 15 is 0 Å². The molecule has 2 aromatic heterocycles. The van der Waals surface area contributed by atoms with Gasteiger partial charge in [0.25, 0.3) is 5.91 Å². The van der Waals surface area contributed by atoms with Gasteiger partial charge in [0.05, 0.1) is 16.0 Å². The first-order valence-electron chi connectivity index (χ1n) is 8.10. The Kier molecular flexibility index (Phi) is 4.46. The number of aromatic nitrogens is 1. The molecule has 4 rings (SSSR count). The number of pyridine rings is 1. The summed E-state index contributed by atoms with van der Waals surface area (Å²) in [6.45, 7) is 0. The largest absolute Gasteiger partial charge is 0.322 e. The molecule has 0 saturated heterocycles. The summed E-state index contributed by atoms with van der Waals surface area (Å²) in [5.74, 6) is 6.07. The fraction of sp³-hybridized carbons (Fsp3) is 0. The van der Waals surface area contributed by atoms with E-state index in [0.29, 0.717) is 16.8 Å². The molecule has 4 aromatic rings. The van der Waals surface area contributed by atoms with E-state index in [4.69, 9.17) is 0 Å². The van der Waals surface area contributed by atoms with E-state index in [1.165, 1.54) is 0 Å². The highest BCUT2D eigenvalue weighted by atomic mass is 32.1. The topological polar surface area (TPSA) is 42.0 Å². The summed E-state index contributed by atoms with van der Waals surface area (Å²) in [5.41, 5.74) is 2.81. The molecule has 1 N–H and O–H groups in total. The van der Waals surface area contributed by atoms with E-state index in [2.05, 4.69) is 22.1 Å². The van der Waals surface area contributed by atoms with Gasteiger partial charge in [-0.3, -0.25) is 9.78 Å². The molecule has 0 unspecified atom stereocenters. The van der Waals surface area contributed by atoms with Crippen LogP contribution in [0.5, 0.6) is 0 Å². The first-order valence-corrected chi connectivity index (χ1v) is 8.98. The number of carbonyl (C=O) groups excluding carboxylic acids is 1. The van der Waals surface area contributed by atoms with Crippen LogP contribution in [0.2, 0.25) is 0 Å². The summed E-state index contributed by atoms with van der Waals surface area (Å²) in [4.78, 5) is 18.1. The maximum Gasteiger partial charge on any atom is 0.257 e. The number of thiophene rings is 1. The molecule has 0 aliphatic rings. The lowest BCUT2D eigenvalue weighted by Crippen LogP contribution is -2.12. The smallest absolute Gasteiger partial charge is 0.257 e. The summed E-state index contributed by atoms with van der Waals surface area (Å²) in [7, 11) is 0. The predicted molar refractivity (Wildman–Crippen MR) is 106 cm³/mol. The van der Waals surface area contributed by atoms with Gasteiger partial charge in [0, 0.05) is 22.8 Å². The monoisotopic (exact) mass is 354 g/mol. The minimum atomic E-state index is -0.183. The summed E-state index contributed by atoms with van der Waals surface area (Å²) >= 11 is 1.61. The predicted octanol–water partition coefficient (Wildman–Crippen LogP) is 4.95. The molecule has 4 heteroatoms. The number of fused-ring (bicyclic) bond motifs is 1. The van der Waals surface area contributed by atoms with Crippen LogP contribution in [0.15, 0.2) is 78.3 Å². The zero-order chi connectivity index (χ0) is 17.8. The molecule has 0 fully saturated rings. The van der Waals surface area contributed by atoms with Crippen molar-refractivity contribution in [2.24, 2.45) is 0 Å². The van der Waals surface area contributed by atoms with Crippen molar-refractivity contribution < 1.29 is 4.79 Å². The van der Waals surface area contributed by atoms with E-state index in [-0.39, 0.29) is 5.91 Å². The van der Waals surface area contributed by atoms with Crippen LogP contribution in [0.3, 0.4) is 0 Å². The molecular formula is C22H14N2OS. The molecule has 0 aliphatic heterocycles. The Morgan fingerprint density at radius 2 is 1.85 bits per heavy atom. The number of rotatable bonds is 2. The maximum absolute atomic E-state index is 12.7. The Bertz CT molecular complexity index is 1130. The van der Waals surface area contributed by atoms with Gasteiger partial charge >= 0.3 is 0 Å². The number of hydrogen-bond acceptors (Lipinski definition) is 3. The molecule has 3 nitrogen and oxygen atoms in total. The molecule has 2 heterocycles. The lowest BCUT2D eigenvalue weighted by molar-refractivity contribution is 0.102. The van der Waals surface area contributed by atoms with Crippen LogP contribution in [0.4, 0.5) is 5.69 Å². The molecular weight excluding hydrogens is 340 g/mol. The highest BCUT2D eigenvalue weighted by Gasteiger charge is 2.11. The molecule has 0 aliphatic carbocycles. The highest BCUT2D eigenvalue weighted by Crippen LogP contribution is 2.18. The van der Waals surface area contributed by atoms with Crippen molar-refractivity contribution in [1.82, 2.24) is 4.98 Å². The van der Waals surface area contributed by atoms with Gasteiger partial charge in [0.15, 0.2) is 0 Å². The second kappa shape index (κ2) is 7.22. The van der Waals surface area contributed by atoms with E-state index < -0.39 is 0 Å². The molecule has 0 bridgehead atoms. The molecule has 1 amide bonds. The van der Waals surface area contributed by atoms with Crippen LogP contribution in [0, 0.1) is 11.8 Å². The second-order valence-corrected chi connectivity index (χ2v) is 6.59. The van der Waals surface area contributed by atoms with Crippen molar-refractivity contribution in [2.75, 3.05) is 5.32 Å². The molecule has 0 spiro atoms. The van der Waals surface area contributed by atoms with Crippen molar-refractivity contribution in [3.05, 3.63) is 94.3 Å². The quantitative estimate of drug-likeness (QED) is 0.518. The Morgan fingerprint density at radius 1 is 0.962 bits per heavy atom. The number of hydrogen-bond donors (Lipinski definition) is 1. The van der Waals surface area contributed by atoms with Crippen LogP contribution in [-0.4, -0.2) is 10.9 Å². The van der Waals surface area contributed by atoms with Crippen molar-refractivity contribution in [3.8, 4) is 11.8 Å². The molecule has 26 heavy (non-hydrogen) atoms. The van der Waals surface area contributed by atoms with Crippen LogP contribution in [0.25, 0.3) is 10.9 Å². The van der Waals surface area contributed by atoms with Gasteiger partial charge < -0.3 is 5.32 Å². The Balaban J connectivity index is 1.59. The third-order valence-electron chi connectivity index (χ3n) is 3.85.